The second-order valence-electron chi connectivity index (χ2n) is 5.53. The Morgan fingerprint density at radius 1 is 1.53 bits per heavy atom. The van der Waals surface area contributed by atoms with Gasteiger partial charge in [0.25, 0.3) is 0 Å². The topological polar surface area (TPSA) is 24.5 Å². The van der Waals surface area contributed by atoms with Gasteiger partial charge in [0, 0.05) is 25.2 Å². The maximum Gasteiger partial charge on any atom is 0.0641 e. The molecule has 0 spiro atoms. The van der Waals surface area contributed by atoms with Gasteiger partial charge in [0.15, 0.2) is 0 Å². The van der Waals surface area contributed by atoms with Crippen molar-refractivity contribution < 1.29 is 4.74 Å². The molecule has 3 nitrogen and oxygen atoms in total. The summed E-state index contributed by atoms with van der Waals surface area (Å²) in [7, 11) is 4.06. The van der Waals surface area contributed by atoms with E-state index in [1.807, 2.05) is 0 Å². The molecule has 2 aliphatic rings. The van der Waals surface area contributed by atoms with Gasteiger partial charge >= 0.3 is 0 Å². The molecule has 88 valence electrons. The van der Waals surface area contributed by atoms with Gasteiger partial charge in [-0.1, -0.05) is 0 Å². The van der Waals surface area contributed by atoms with Crippen molar-refractivity contribution in [2.45, 2.75) is 37.8 Å². The van der Waals surface area contributed by atoms with Crippen LogP contribution in [0.1, 0.15) is 26.2 Å². The van der Waals surface area contributed by atoms with Gasteiger partial charge in [-0.05, 0) is 45.7 Å². The summed E-state index contributed by atoms with van der Waals surface area (Å²) >= 11 is 0. The number of hydrogen-bond donors (Lipinski definition) is 1. The van der Waals surface area contributed by atoms with Gasteiger partial charge < -0.3 is 15.0 Å². The van der Waals surface area contributed by atoms with Crippen LogP contribution in [0.25, 0.3) is 0 Å². The van der Waals surface area contributed by atoms with Gasteiger partial charge in [0.05, 0.1) is 6.61 Å². The molecule has 2 fully saturated rings. The molecule has 3 atom stereocenters. The van der Waals surface area contributed by atoms with Crippen molar-refractivity contribution in [2.24, 2.45) is 5.92 Å². The Morgan fingerprint density at radius 2 is 2.33 bits per heavy atom. The summed E-state index contributed by atoms with van der Waals surface area (Å²) in [6.45, 7) is 5.56. The highest BCUT2D eigenvalue weighted by Gasteiger charge is 2.40. The molecule has 0 radical (unpaired) electrons. The van der Waals surface area contributed by atoms with Crippen LogP contribution in [0, 0.1) is 5.92 Å². The Balaban J connectivity index is 1.91. The largest absolute Gasteiger partial charge is 0.383 e. The minimum atomic E-state index is 0.211. The first-order chi connectivity index (χ1) is 7.14. The molecule has 0 aromatic carbocycles. The molecule has 0 aromatic rings. The third kappa shape index (κ3) is 2.35. The van der Waals surface area contributed by atoms with Crippen LogP contribution in [0.3, 0.4) is 0 Å². The van der Waals surface area contributed by atoms with Crippen molar-refractivity contribution in [2.75, 3.05) is 33.9 Å². The molecule has 0 bridgehead atoms. The maximum absolute atomic E-state index is 5.29. The van der Waals surface area contributed by atoms with Crippen molar-refractivity contribution in [1.29, 1.82) is 0 Å². The van der Waals surface area contributed by atoms with Crippen LogP contribution < -0.4 is 5.32 Å². The summed E-state index contributed by atoms with van der Waals surface area (Å²) in [5.74, 6) is 0.817. The Morgan fingerprint density at radius 3 is 2.93 bits per heavy atom. The van der Waals surface area contributed by atoms with E-state index in [1.165, 1.54) is 25.8 Å². The maximum atomic E-state index is 5.29. The zero-order valence-corrected chi connectivity index (χ0v) is 10.3. The smallest absolute Gasteiger partial charge is 0.0641 e. The first-order valence-electron chi connectivity index (χ1n) is 6.09. The Kier molecular flexibility index (Phi) is 3.33. The SMILES string of the molecule is COCC1(C)CC(C2CCCN2C)CN1. The van der Waals surface area contributed by atoms with Crippen molar-refractivity contribution in [3.8, 4) is 0 Å². The lowest BCUT2D eigenvalue weighted by atomic mass is 9.89. The Bertz CT molecular complexity index is 222. The number of hydrogen-bond acceptors (Lipinski definition) is 3. The minimum absolute atomic E-state index is 0.211. The number of methoxy groups -OCH3 is 1. The van der Waals surface area contributed by atoms with Crippen LogP contribution in [0.4, 0.5) is 0 Å². The zero-order valence-electron chi connectivity index (χ0n) is 10.3. The van der Waals surface area contributed by atoms with Crippen molar-refractivity contribution in [1.82, 2.24) is 10.2 Å². The van der Waals surface area contributed by atoms with Crippen LogP contribution in [-0.4, -0.2) is 50.3 Å². The van der Waals surface area contributed by atoms with E-state index < -0.39 is 0 Å². The van der Waals surface area contributed by atoms with Gasteiger partial charge in [-0.3, -0.25) is 0 Å². The van der Waals surface area contributed by atoms with Gasteiger partial charge in [-0.2, -0.15) is 0 Å². The summed E-state index contributed by atoms with van der Waals surface area (Å²) in [5.41, 5.74) is 0.211. The molecule has 3 unspecified atom stereocenters. The molecule has 0 amide bonds. The van der Waals surface area contributed by atoms with Crippen LogP contribution in [0.15, 0.2) is 0 Å². The molecule has 0 aromatic heterocycles. The fourth-order valence-corrected chi connectivity index (χ4v) is 3.33. The Labute approximate surface area is 93.2 Å². The molecule has 2 heterocycles. The van der Waals surface area contributed by atoms with E-state index in [1.54, 1.807) is 7.11 Å². The molecule has 1 N–H and O–H groups in total. The number of likely N-dealkylation sites (tertiary alicyclic amines) is 1. The lowest BCUT2D eigenvalue weighted by Gasteiger charge is -2.27. The summed E-state index contributed by atoms with van der Waals surface area (Å²) in [6.07, 6.45) is 4.01. The molecule has 15 heavy (non-hydrogen) atoms. The quantitative estimate of drug-likeness (QED) is 0.758. The monoisotopic (exact) mass is 212 g/mol. The molecule has 3 heteroatoms. The average molecular weight is 212 g/mol. The second kappa shape index (κ2) is 4.40. The summed E-state index contributed by atoms with van der Waals surface area (Å²) < 4.78 is 5.29. The van der Waals surface area contributed by atoms with Crippen molar-refractivity contribution in [3.63, 3.8) is 0 Å². The van der Waals surface area contributed by atoms with E-state index in [9.17, 15) is 0 Å². The predicted octanol–water partition coefficient (Wildman–Crippen LogP) is 1.10. The van der Waals surface area contributed by atoms with E-state index in [0.717, 1.165) is 25.1 Å². The van der Waals surface area contributed by atoms with Crippen molar-refractivity contribution >= 4 is 0 Å². The fourth-order valence-electron chi connectivity index (χ4n) is 3.33. The van der Waals surface area contributed by atoms with E-state index in [-0.39, 0.29) is 5.54 Å². The lowest BCUT2D eigenvalue weighted by Crippen LogP contribution is -2.40. The summed E-state index contributed by atoms with van der Waals surface area (Å²) in [4.78, 5) is 2.53. The third-order valence-corrected chi connectivity index (χ3v) is 4.09. The normalized spacial score (nSPS) is 42.6. The highest BCUT2D eigenvalue weighted by Crippen LogP contribution is 2.32. The van der Waals surface area contributed by atoms with E-state index in [0.29, 0.717) is 0 Å². The number of rotatable bonds is 3. The molecular weight excluding hydrogens is 188 g/mol. The zero-order chi connectivity index (χ0) is 10.9. The van der Waals surface area contributed by atoms with Crippen LogP contribution in [0.2, 0.25) is 0 Å². The van der Waals surface area contributed by atoms with Crippen LogP contribution >= 0.6 is 0 Å². The molecule has 0 saturated carbocycles. The Hall–Kier alpha value is -0.120. The number of nitrogens with one attached hydrogen (secondary N) is 1. The second-order valence-corrected chi connectivity index (χ2v) is 5.53. The van der Waals surface area contributed by atoms with Gasteiger partial charge in [0.1, 0.15) is 0 Å². The first kappa shape index (κ1) is 11.4. The van der Waals surface area contributed by atoms with E-state index in [2.05, 4.69) is 24.2 Å². The third-order valence-electron chi connectivity index (χ3n) is 4.09. The molecular formula is C12H24N2O. The predicted molar refractivity (Wildman–Crippen MR) is 62.0 cm³/mol. The van der Waals surface area contributed by atoms with Gasteiger partial charge in [-0.15, -0.1) is 0 Å². The molecule has 0 aliphatic carbocycles. The highest BCUT2D eigenvalue weighted by molar-refractivity contribution is 4.98. The standard InChI is InChI=1S/C12H24N2O/c1-12(9-15-3)7-10(8-13-12)11-5-4-6-14(11)2/h10-11,13H,4-9H2,1-3H3. The number of nitrogens with zero attached hydrogens (tertiary/aromatic N) is 1. The van der Waals surface area contributed by atoms with Gasteiger partial charge in [0.2, 0.25) is 0 Å². The minimum Gasteiger partial charge on any atom is -0.383 e. The summed E-state index contributed by atoms with van der Waals surface area (Å²) in [5, 5.41) is 3.63. The van der Waals surface area contributed by atoms with Crippen LogP contribution in [0.5, 0.6) is 0 Å². The number of ether oxygens (including phenoxy) is 1. The van der Waals surface area contributed by atoms with Crippen LogP contribution in [-0.2, 0) is 4.74 Å². The van der Waals surface area contributed by atoms with Crippen molar-refractivity contribution in [3.05, 3.63) is 0 Å². The average Bonchev–Trinajstić information content (AvgIpc) is 2.73. The molecule has 2 aliphatic heterocycles. The molecule has 2 saturated heterocycles. The molecule has 2 rings (SSSR count). The van der Waals surface area contributed by atoms with Gasteiger partial charge in [-0.25, -0.2) is 0 Å². The fraction of sp³-hybridized carbons (Fsp3) is 1.00. The lowest BCUT2D eigenvalue weighted by molar-refractivity contribution is 0.124. The highest BCUT2D eigenvalue weighted by atomic mass is 16.5. The first-order valence-corrected chi connectivity index (χ1v) is 6.09. The van der Waals surface area contributed by atoms with E-state index >= 15 is 0 Å². The van der Waals surface area contributed by atoms with E-state index in [4.69, 9.17) is 4.74 Å². The summed E-state index contributed by atoms with van der Waals surface area (Å²) in [6, 6.07) is 0.802.